The molecule has 0 unspecified atom stereocenters. The molecule has 0 bridgehead atoms. The number of nitro benzene ring substituents is 1. The molecular formula is C19H20ClN3O8S. The molecule has 0 spiro atoms. The lowest BCUT2D eigenvalue weighted by molar-refractivity contribution is -0.384. The van der Waals surface area contributed by atoms with Crippen LogP contribution in [0.3, 0.4) is 0 Å². The van der Waals surface area contributed by atoms with E-state index in [0.717, 1.165) is 5.56 Å². The molecule has 0 radical (unpaired) electrons. The summed E-state index contributed by atoms with van der Waals surface area (Å²) in [6, 6.07) is 12.6. The van der Waals surface area contributed by atoms with Crippen LogP contribution in [0.25, 0.3) is 0 Å². The fourth-order valence-corrected chi connectivity index (χ4v) is 4.41. The van der Waals surface area contributed by atoms with E-state index in [9.17, 15) is 18.5 Å². The predicted octanol–water partition coefficient (Wildman–Crippen LogP) is 1.91. The molecule has 2 aromatic carbocycles. The van der Waals surface area contributed by atoms with Crippen molar-refractivity contribution in [1.82, 2.24) is 9.21 Å². The lowest BCUT2D eigenvalue weighted by atomic mass is 10.2. The van der Waals surface area contributed by atoms with Crippen molar-refractivity contribution < 1.29 is 33.1 Å². The smallest absolute Gasteiger partial charge is 0.414 e. The Morgan fingerprint density at radius 3 is 1.88 bits per heavy atom. The zero-order valence-electron chi connectivity index (χ0n) is 16.6. The molecule has 3 rings (SSSR count). The molecule has 0 aliphatic carbocycles. The van der Waals surface area contributed by atoms with E-state index in [1.54, 1.807) is 24.3 Å². The van der Waals surface area contributed by atoms with Crippen LogP contribution < -0.4 is 0 Å². The number of halogens is 1. The molecule has 2 N–H and O–H groups in total. The topological polar surface area (TPSA) is 158 Å². The molecule has 1 aliphatic rings. The minimum Gasteiger partial charge on any atom is -0.473 e. The van der Waals surface area contributed by atoms with Crippen LogP contribution in [-0.4, -0.2) is 70.9 Å². The average molecular weight is 486 g/mol. The molecule has 1 fully saturated rings. The molecule has 172 valence electrons. The van der Waals surface area contributed by atoms with E-state index >= 15 is 0 Å². The number of hydrogen-bond donors (Lipinski definition) is 2. The summed E-state index contributed by atoms with van der Waals surface area (Å²) >= 11 is 5.82. The first-order valence-electron chi connectivity index (χ1n) is 9.18. The fraction of sp³-hybridized carbons (Fsp3) is 0.263. The van der Waals surface area contributed by atoms with Crippen LogP contribution in [-0.2, 0) is 26.2 Å². The van der Waals surface area contributed by atoms with Crippen LogP contribution in [0.1, 0.15) is 5.56 Å². The first kappa shape index (κ1) is 25.2. The van der Waals surface area contributed by atoms with Crippen LogP contribution in [0.15, 0.2) is 53.4 Å². The quantitative estimate of drug-likeness (QED) is 0.366. The van der Waals surface area contributed by atoms with E-state index < -0.39 is 26.9 Å². The van der Waals surface area contributed by atoms with Crippen molar-refractivity contribution in [3.8, 4) is 0 Å². The Morgan fingerprint density at radius 2 is 1.44 bits per heavy atom. The Balaban J connectivity index is 0.000000534. The number of aliphatic carboxylic acids is 2. The van der Waals surface area contributed by atoms with Gasteiger partial charge in [-0.3, -0.25) is 15.0 Å². The molecule has 0 aromatic heterocycles. The van der Waals surface area contributed by atoms with Gasteiger partial charge >= 0.3 is 11.9 Å². The van der Waals surface area contributed by atoms with Crippen molar-refractivity contribution in [3.05, 3.63) is 69.2 Å². The second-order valence-corrected chi connectivity index (χ2v) is 9.04. The third kappa shape index (κ3) is 6.99. The van der Waals surface area contributed by atoms with Gasteiger partial charge in [-0.2, -0.15) is 4.31 Å². The maximum atomic E-state index is 12.7. The summed E-state index contributed by atoms with van der Waals surface area (Å²) in [5.41, 5.74) is 1.03. The number of non-ortho nitro benzene ring substituents is 1. The fourth-order valence-electron chi connectivity index (χ4n) is 2.86. The third-order valence-electron chi connectivity index (χ3n) is 4.52. The Bertz CT molecular complexity index is 1050. The zero-order valence-corrected chi connectivity index (χ0v) is 18.2. The minimum absolute atomic E-state index is 0.0626. The van der Waals surface area contributed by atoms with Gasteiger partial charge in [-0.15, -0.1) is 0 Å². The summed E-state index contributed by atoms with van der Waals surface area (Å²) in [4.78, 5) is 30.8. The van der Waals surface area contributed by atoms with Crippen molar-refractivity contribution in [3.63, 3.8) is 0 Å². The van der Waals surface area contributed by atoms with E-state index in [4.69, 9.17) is 31.4 Å². The van der Waals surface area contributed by atoms with Crippen molar-refractivity contribution >= 4 is 39.3 Å². The van der Waals surface area contributed by atoms with E-state index in [1.807, 2.05) is 0 Å². The van der Waals surface area contributed by atoms with Crippen LogP contribution >= 0.6 is 11.6 Å². The minimum atomic E-state index is -3.52. The summed E-state index contributed by atoms with van der Waals surface area (Å²) in [5.74, 6) is -3.65. The van der Waals surface area contributed by atoms with E-state index in [2.05, 4.69) is 4.90 Å². The number of piperazine rings is 1. The standard InChI is InChI=1S/C17H18ClN3O4S.C2H2O4/c18-15-3-7-17(8-4-15)26(24,25)20-11-9-19(10-12-20)13-14-1-5-16(6-2-14)21(22)23;3-1(4)2(5)6/h1-8H,9-13H2;(H,3,4)(H,5,6). The molecule has 0 saturated carbocycles. The van der Waals surface area contributed by atoms with Crippen molar-refractivity contribution in [2.45, 2.75) is 11.4 Å². The Hall–Kier alpha value is -3.06. The van der Waals surface area contributed by atoms with Crippen LogP contribution in [0, 0.1) is 10.1 Å². The monoisotopic (exact) mass is 485 g/mol. The molecule has 1 aliphatic heterocycles. The molecule has 13 heteroatoms. The summed E-state index contributed by atoms with van der Waals surface area (Å²) < 4.78 is 26.8. The number of nitrogens with zero attached hydrogens (tertiary/aromatic N) is 3. The number of hydrogen-bond acceptors (Lipinski definition) is 7. The third-order valence-corrected chi connectivity index (χ3v) is 6.68. The van der Waals surface area contributed by atoms with Crippen molar-refractivity contribution in [2.75, 3.05) is 26.2 Å². The molecule has 0 atom stereocenters. The van der Waals surface area contributed by atoms with Crippen LogP contribution in [0.5, 0.6) is 0 Å². The first-order valence-corrected chi connectivity index (χ1v) is 11.0. The van der Waals surface area contributed by atoms with Gasteiger partial charge in [0.2, 0.25) is 10.0 Å². The maximum absolute atomic E-state index is 12.7. The van der Waals surface area contributed by atoms with E-state index in [-0.39, 0.29) is 10.6 Å². The normalized spacial score (nSPS) is 14.8. The number of carboxylic acid groups (broad SMARTS) is 2. The van der Waals surface area contributed by atoms with Gasteiger partial charge in [-0.25, -0.2) is 18.0 Å². The Morgan fingerprint density at radius 1 is 0.938 bits per heavy atom. The molecule has 11 nitrogen and oxygen atoms in total. The lowest BCUT2D eigenvalue weighted by Crippen LogP contribution is -2.48. The Kier molecular flexibility index (Phi) is 8.66. The number of nitro groups is 1. The summed E-state index contributed by atoms with van der Waals surface area (Å²) in [6.07, 6.45) is 0. The lowest BCUT2D eigenvalue weighted by Gasteiger charge is -2.34. The van der Waals surface area contributed by atoms with Gasteiger partial charge in [0.05, 0.1) is 9.82 Å². The largest absolute Gasteiger partial charge is 0.473 e. The summed E-state index contributed by atoms with van der Waals surface area (Å²) in [5, 5.41) is 26.0. The summed E-state index contributed by atoms with van der Waals surface area (Å²) in [6.45, 7) is 2.64. The SMILES string of the molecule is O=C(O)C(=O)O.O=[N+]([O-])c1ccc(CN2CCN(S(=O)(=O)c3ccc(Cl)cc3)CC2)cc1. The Labute approximate surface area is 188 Å². The predicted molar refractivity (Wildman–Crippen MR) is 114 cm³/mol. The molecule has 0 amide bonds. The number of benzene rings is 2. The maximum Gasteiger partial charge on any atom is 0.414 e. The van der Waals surface area contributed by atoms with Crippen LogP contribution in [0.4, 0.5) is 5.69 Å². The molecular weight excluding hydrogens is 466 g/mol. The van der Waals surface area contributed by atoms with Gasteiger partial charge in [-0.05, 0) is 29.8 Å². The van der Waals surface area contributed by atoms with Gasteiger partial charge in [0, 0.05) is 49.9 Å². The molecule has 1 saturated heterocycles. The van der Waals surface area contributed by atoms with Crippen molar-refractivity contribution in [1.29, 1.82) is 0 Å². The first-order chi connectivity index (χ1) is 15.0. The number of carbonyl (C=O) groups is 2. The van der Waals surface area contributed by atoms with Gasteiger partial charge in [-0.1, -0.05) is 23.7 Å². The highest BCUT2D eigenvalue weighted by Crippen LogP contribution is 2.21. The van der Waals surface area contributed by atoms with Gasteiger partial charge < -0.3 is 10.2 Å². The molecule has 32 heavy (non-hydrogen) atoms. The van der Waals surface area contributed by atoms with Crippen LogP contribution in [0.2, 0.25) is 5.02 Å². The average Bonchev–Trinajstić information content (AvgIpc) is 2.75. The molecule has 1 heterocycles. The van der Waals surface area contributed by atoms with Gasteiger partial charge in [0.1, 0.15) is 0 Å². The van der Waals surface area contributed by atoms with E-state index in [0.29, 0.717) is 37.7 Å². The second kappa shape index (κ2) is 11.0. The van der Waals surface area contributed by atoms with Gasteiger partial charge in [0.25, 0.3) is 5.69 Å². The number of carboxylic acids is 2. The number of rotatable bonds is 5. The summed E-state index contributed by atoms with van der Waals surface area (Å²) in [7, 11) is -3.52. The second-order valence-electron chi connectivity index (χ2n) is 6.67. The van der Waals surface area contributed by atoms with E-state index in [1.165, 1.54) is 28.6 Å². The molecule has 2 aromatic rings. The van der Waals surface area contributed by atoms with Gasteiger partial charge in [0.15, 0.2) is 0 Å². The highest BCUT2D eigenvalue weighted by Gasteiger charge is 2.28. The zero-order chi connectivity index (χ0) is 23.9. The van der Waals surface area contributed by atoms with Crippen molar-refractivity contribution in [2.24, 2.45) is 0 Å². The highest BCUT2D eigenvalue weighted by molar-refractivity contribution is 7.89. The highest BCUT2D eigenvalue weighted by atomic mass is 35.5. The number of sulfonamides is 1.